The number of nitrogens with zero attached hydrogens (tertiary/aromatic N) is 2. The number of carbonyl (C=O) groups excluding carboxylic acids is 2. The minimum absolute atomic E-state index is 0.0852. The van der Waals surface area contributed by atoms with E-state index in [1.165, 1.54) is 14.0 Å². The van der Waals surface area contributed by atoms with E-state index in [0.29, 0.717) is 30.2 Å². The molecule has 0 atom stereocenters. The highest BCUT2D eigenvalue weighted by Crippen LogP contribution is 2.27. The third-order valence-corrected chi connectivity index (χ3v) is 4.32. The molecule has 0 spiro atoms. The molecule has 28 heavy (non-hydrogen) atoms. The summed E-state index contributed by atoms with van der Waals surface area (Å²) in [6.07, 6.45) is 0. The van der Waals surface area contributed by atoms with Gasteiger partial charge in [0.15, 0.2) is 11.5 Å². The molecule has 2 aromatic rings. The molecule has 7 heteroatoms. The summed E-state index contributed by atoms with van der Waals surface area (Å²) < 4.78 is 10.4. The molecule has 2 amide bonds. The van der Waals surface area contributed by atoms with E-state index < -0.39 is 0 Å². The van der Waals surface area contributed by atoms with E-state index in [0.717, 1.165) is 11.4 Å². The van der Waals surface area contributed by atoms with Crippen molar-refractivity contribution in [2.24, 2.45) is 0 Å². The average molecular weight is 385 g/mol. The molecular formula is C21H27N3O4. The Morgan fingerprint density at radius 2 is 1.54 bits per heavy atom. The number of anilines is 2. The summed E-state index contributed by atoms with van der Waals surface area (Å²) in [5.74, 6) is 0.717. The van der Waals surface area contributed by atoms with E-state index in [1.807, 2.05) is 43.3 Å². The third-order valence-electron chi connectivity index (χ3n) is 4.32. The molecular weight excluding hydrogens is 358 g/mol. The van der Waals surface area contributed by atoms with Crippen LogP contribution < -0.4 is 24.6 Å². The van der Waals surface area contributed by atoms with E-state index in [4.69, 9.17) is 9.47 Å². The highest BCUT2D eigenvalue weighted by molar-refractivity contribution is 5.95. The van der Waals surface area contributed by atoms with Crippen molar-refractivity contribution in [1.82, 2.24) is 5.32 Å². The Hall–Kier alpha value is -3.22. The van der Waals surface area contributed by atoms with Crippen molar-refractivity contribution >= 4 is 23.2 Å². The average Bonchev–Trinajstić information content (AvgIpc) is 2.70. The van der Waals surface area contributed by atoms with E-state index in [9.17, 15) is 9.59 Å². The van der Waals surface area contributed by atoms with Crippen LogP contribution in [0.25, 0.3) is 0 Å². The Labute approximate surface area is 165 Å². The van der Waals surface area contributed by atoms with Crippen LogP contribution in [0.3, 0.4) is 0 Å². The minimum Gasteiger partial charge on any atom is -0.493 e. The smallest absolute Gasteiger partial charge is 0.251 e. The van der Waals surface area contributed by atoms with E-state index in [2.05, 4.69) is 5.32 Å². The fraction of sp³-hybridized carbons (Fsp3) is 0.333. The van der Waals surface area contributed by atoms with Gasteiger partial charge in [0.05, 0.1) is 14.2 Å². The second-order valence-electron chi connectivity index (χ2n) is 6.41. The molecule has 0 saturated carbocycles. The van der Waals surface area contributed by atoms with Crippen LogP contribution in [0.15, 0.2) is 42.5 Å². The van der Waals surface area contributed by atoms with Gasteiger partial charge in [-0.2, -0.15) is 0 Å². The van der Waals surface area contributed by atoms with Gasteiger partial charge in [-0.05, 0) is 42.5 Å². The zero-order valence-corrected chi connectivity index (χ0v) is 17.0. The Bertz CT molecular complexity index is 819. The molecule has 0 fully saturated rings. The van der Waals surface area contributed by atoms with Crippen LogP contribution in [-0.4, -0.2) is 53.2 Å². The largest absolute Gasteiger partial charge is 0.493 e. The number of nitrogens with one attached hydrogen (secondary N) is 1. The summed E-state index contributed by atoms with van der Waals surface area (Å²) in [6, 6.07) is 12.7. The van der Waals surface area contributed by atoms with Crippen LogP contribution in [0, 0.1) is 0 Å². The molecule has 0 aliphatic carbocycles. The second kappa shape index (κ2) is 9.64. The lowest BCUT2D eigenvalue weighted by Gasteiger charge is -2.22. The SMILES string of the molecule is COc1ccc(C(=O)NCCN(C(C)=O)c2ccc(N(C)C)cc2)cc1OC. The van der Waals surface area contributed by atoms with Gasteiger partial charge in [-0.3, -0.25) is 9.59 Å². The van der Waals surface area contributed by atoms with Crippen molar-refractivity contribution in [2.75, 3.05) is 51.2 Å². The number of amides is 2. The maximum atomic E-state index is 12.4. The monoisotopic (exact) mass is 385 g/mol. The Morgan fingerprint density at radius 3 is 2.07 bits per heavy atom. The molecule has 0 heterocycles. The predicted molar refractivity (Wildman–Crippen MR) is 111 cm³/mol. The molecule has 0 radical (unpaired) electrons. The number of carbonyl (C=O) groups is 2. The Kier molecular flexibility index (Phi) is 7.26. The van der Waals surface area contributed by atoms with Gasteiger partial charge in [-0.25, -0.2) is 0 Å². The van der Waals surface area contributed by atoms with Gasteiger partial charge in [0, 0.05) is 51.0 Å². The highest BCUT2D eigenvalue weighted by Gasteiger charge is 2.14. The lowest BCUT2D eigenvalue weighted by molar-refractivity contribution is -0.116. The molecule has 0 aromatic heterocycles. The molecule has 2 aromatic carbocycles. The van der Waals surface area contributed by atoms with Gasteiger partial charge in [0.2, 0.25) is 5.91 Å². The summed E-state index contributed by atoms with van der Waals surface area (Å²) in [5, 5.41) is 2.84. The molecule has 7 nitrogen and oxygen atoms in total. The number of hydrogen-bond acceptors (Lipinski definition) is 5. The molecule has 0 bridgehead atoms. The number of ether oxygens (including phenoxy) is 2. The summed E-state index contributed by atoms with van der Waals surface area (Å²) in [6.45, 7) is 2.20. The Balaban J connectivity index is 2.01. The van der Waals surface area contributed by atoms with Crippen LogP contribution in [0.5, 0.6) is 11.5 Å². The quantitative estimate of drug-likeness (QED) is 0.756. The minimum atomic E-state index is -0.243. The molecule has 0 unspecified atom stereocenters. The molecule has 2 rings (SSSR count). The first kappa shape index (κ1) is 21.1. The maximum Gasteiger partial charge on any atom is 0.251 e. The molecule has 0 aliphatic rings. The normalized spacial score (nSPS) is 10.2. The lowest BCUT2D eigenvalue weighted by atomic mass is 10.2. The van der Waals surface area contributed by atoms with Crippen LogP contribution in [0.1, 0.15) is 17.3 Å². The van der Waals surface area contributed by atoms with Crippen LogP contribution in [0.2, 0.25) is 0 Å². The fourth-order valence-corrected chi connectivity index (χ4v) is 2.76. The molecule has 0 saturated heterocycles. The summed E-state index contributed by atoms with van der Waals surface area (Å²) in [5.41, 5.74) is 2.30. The first-order valence-corrected chi connectivity index (χ1v) is 8.93. The number of rotatable bonds is 8. The number of benzene rings is 2. The number of hydrogen-bond donors (Lipinski definition) is 1. The fourth-order valence-electron chi connectivity index (χ4n) is 2.76. The molecule has 150 valence electrons. The highest BCUT2D eigenvalue weighted by atomic mass is 16.5. The Morgan fingerprint density at radius 1 is 0.929 bits per heavy atom. The van der Waals surface area contributed by atoms with Crippen molar-refractivity contribution in [3.63, 3.8) is 0 Å². The topological polar surface area (TPSA) is 71.1 Å². The van der Waals surface area contributed by atoms with Crippen molar-refractivity contribution < 1.29 is 19.1 Å². The van der Waals surface area contributed by atoms with Crippen molar-refractivity contribution in [1.29, 1.82) is 0 Å². The van der Waals surface area contributed by atoms with Gasteiger partial charge >= 0.3 is 0 Å². The van der Waals surface area contributed by atoms with E-state index in [-0.39, 0.29) is 11.8 Å². The maximum absolute atomic E-state index is 12.4. The molecule has 1 N–H and O–H groups in total. The number of methoxy groups -OCH3 is 2. The zero-order valence-electron chi connectivity index (χ0n) is 17.0. The van der Waals surface area contributed by atoms with Gasteiger partial charge in [0.25, 0.3) is 5.91 Å². The summed E-state index contributed by atoms with van der Waals surface area (Å²) in [4.78, 5) is 28.1. The van der Waals surface area contributed by atoms with Gasteiger partial charge in [-0.1, -0.05) is 0 Å². The predicted octanol–water partition coefficient (Wildman–Crippen LogP) is 2.55. The van der Waals surface area contributed by atoms with Gasteiger partial charge in [-0.15, -0.1) is 0 Å². The standard InChI is InChI=1S/C21H27N3O4/c1-15(25)24(18-9-7-17(8-10-18)23(2)3)13-12-22-21(26)16-6-11-19(27-4)20(14-16)28-5/h6-11,14H,12-13H2,1-5H3,(H,22,26). The van der Waals surface area contributed by atoms with Crippen molar-refractivity contribution in [3.8, 4) is 11.5 Å². The van der Waals surface area contributed by atoms with Crippen molar-refractivity contribution in [3.05, 3.63) is 48.0 Å². The van der Waals surface area contributed by atoms with E-state index >= 15 is 0 Å². The van der Waals surface area contributed by atoms with Crippen LogP contribution in [0.4, 0.5) is 11.4 Å². The van der Waals surface area contributed by atoms with Crippen LogP contribution in [-0.2, 0) is 4.79 Å². The second-order valence-corrected chi connectivity index (χ2v) is 6.41. The lowest BCUT2D eigenvalue weighted by Crippen LogP contribution is -2.37. The molecule has 0 aliphatic heterocycles. The summed E-state index contributed by atoms with van der Waals surface area (Å²) in [7, 11) is 6.98. The van der Waals surface area contributed by atoms with Crippen molar-refractivity contribution in [2.45, 2.75) is 6.92 Å². The van der Waals surface area contributed by atoms with E-state index in [1.54, 1.807) is 30.2 Å². The first-order valence-electron chi connectivity index (χ1n) is 8.93. The van der Waals surface area contributed by atoms with Crippen LogP contribution >= 0.6 is 0 Å². The zero-order chi connectivity index (χ0) is 20.7. The summed E-state index contributed by atoms with van der Waals surface area (Å²) >= 11 is 0. The first-order chi connectivity index (χ1) is 13.4. The van der Waals surface area contributed by atoms with Gasteiger partial charge < -0.3 is 24.6 Å². The van der Waals surface area contributed by atoms with Gasteiger partial charge in [0.1, 0.15) is 0 Å². The third kappa shape index (κ3) is 5.16.